The van der Waals surface area contributed by atoms with Gasteiger partial charge in [-0.1, -0.05) is 26.0 Å². The lowest BCUT2D eigenvalue weighted by Crippen LogP contribution is -2.69. The number of rotatable bonds is 20. The second-order valence-electron chi connectivity index (χ2n) is 16.5. The second kappa shape index (κ2) is 28.8. The Morgan fingerprint density at radius 1 is 0.884 bits per heavy atom. The van der Waals surface area contributed by atoms with E-state index in [1.54, 1.807) is 37.3 Å². The Kier molecular flexibility index (Phi) is 25.2. The predicted molar refractivity (Wildman–Crippen MR) is 257 cm³/mol. The summed E-state index contributed by atoms with van der Waals surface area (Å²) in [5, 5.41) is 52.7. The third kappa shape index (κ3) is 17.3. The predicted octanol–water partition coefficient (Wildman–Crippen LogP) is -2.67. The Morgan fingerprint density at radius 3 is 2.22 bits per heavy atom. The number of nitrogens with two attached hydrogens (primary N) is 4. The van der Waals surface area contributed by atoms with Crippen molar-refractivity contribution < 1.29 is 63.0 Å². The number of amides is 9. The van der Waals surface area contributed by atoms with E-state index in [1.807, 2.05) is 0 Å². The lowest BCUT2D eigenvalue weighted by molar-refractivity contribution is -0.268. The Balaban J connectivity index is 0.00000544. The number of unbranched alkanes of at least 4 members (excludes halogenated alkanes) is 1. The fourth-order valence-corrected chi connectivity index (χ4v) is 7.83. The molecule has 4 saturated heterocycles. The number of carbonyl (C=O) groups is 5. The number of urea groups is 4. The average Bonchev–Trinajstić information content (AvgIpc) is 3.62. The second-order valence-corrected chi connectivity index (χ2v) is 16.5. The zero-order valence-corrected chi connectivity index (χ0v) is 40.7. The topological polar surface area (TPSA) is 396 Å². The van der Waals surface area contributed by atoms with Crippen molar-refractivity contribution in [2.45, 2.75) is 126 Å². The molecule has 26 nitrogen and oxygen atoms in total. The summed E-state index contributed by atoms with van der Waals surface area (Å²) >= 11 is 0. The summed E-state index contributed by atoms with van der Waals surface area (Å²) in [5.41, 5.74) is 22.9. The summed E-state index contributed by atoms with van der Waals surface area (Å²) in [7, 11) is 0. The number of carbonyl (C=O) groups excluding carboxylic acids is 5. The van der Waals surface area contributed by atoms with Gasteiger partial charge in [0.15, 0.2) is 18.5 Å². The summed E-state index contributed by atoms with van der Waals surface area (Å²) in [6, 6.07) is -3.03. The van der Waals surface area contributed by atoms with E-state index in [1.165, 1.54) is 6.08 Å². The van der Waals surface area contributed by atoms with Crippen LogP contribution in [0.5, 0.6) is 5.75 Å². The van der Waals surface area contributed by atoms with Gasteiger partial charge in [0.1, 0.15) is 42.2 Å². The summed E-state index contributed by atoms with van der Waals surface area (Å²) in [6.07, 6.45) is -4.60. The van der Waals surface area contributed by atoms with Gasteiger partial charge in [-0.25, -0.2) is 29.1 Å². The number of aliphatic hydroxyl groups is 3. The molecule has 18 N–H and O–H groups in total. The minimum atomic E-state index is -1.64. The number of primary amides is 2. The quantitative estimate of drug-likeness (QED) is 0.0274. The standard InChI is InChI=1S/C40H65N13O13.3ClH/c1-19(2)46-15-5-4-13-45-14-6-16-47-25(55)12-9-21-7-10-22(11-8-21)65-34-29(48-36(41)42)32(57)26(20(3)64-34)50-39(60)52-33-28(49-37(43)58)31(56)24(18-62-33)66-35-30-27(23(54)17-63-35)51-40(61)53(30)38(44)59;;;/h7-12,19-20,23-24,26-35,45-46,54,56-57H,4-6,13-18H2,1-3H3,(H2,44,59)(H,47,55)(H,51,61)(H4,41,42,48)(H3,43,49,58)(H2,50,52,60);3*1H/b12-9+;;;/t20-,23-,24-,26-,27+,28-,29-,30-,31+,32+,33+,34-,35+;;;/m1.../s1. The molecule has 1 aromatic carbocycles. The van der Waals surface area contributed by atoms with Crippen molar-refractivity contribution in [2.75, 3.05) is 39.4 Å². The number of nitrogens with one attached hydrogen (secondary N) is 7. The first kappa shape index (κ1) is 60.4. The molecule has 0 radical (unpaired) electrons. The van der Waals surface area contributed by atoms with Gasteiger partial charge < -0.3 is 99.2 Å². The van der Waals surface area contributed by atoms with Crippen LogP contribution >= 0.6 is 37.2 Å². The fourth-order valence-electron chi connectivity index (χ4n) is 7.83. The molecule has 392 valence electrons. The van der Waals surface area contributed by atoms with Crippen molar-refractivity contribution in [2.24, 2.45) is 27.9 Å². The van der Waals surface area contributed by atoms with Gasteiger partial charge in [-0.15, -0.1) is 37.2 Å². The molecule has 69 heavy (non-hydrogen) atoms. The van der Waals surface area contributed by atoms with E-state index in [0.717, 1.165) is 38.9 Å². The van der Waals surface area contributed by atoms with E-state index < -0.39 is 116 Å². The first-order valence-electron chi connectivity index (χ1n) is 21.8. The van der Waals surface area contributed by atoms with Crippen molar-refractivity contribution in [1.29, 1.82) is 0 Å². The molecule has 0 aliphatic carbocycles. The molecule has 0 saturated carbocycles. The van der Waals surface area contributed by atoms with Crippen LogP contribution < -0.4 is 64.9 Å². The summed E-state index contributed by atoms with van der Waals surface area (Å²) in [6.45, 7) is 8.33. The van der Waals surface area contributed by atoms with Gasteiger partial charge in [0, 0.05) is 18.7 Å². The largest absolute Gasteiger partial charge is 0.462 e. The number of aliphatic hydroxyl groups excluding tert-OH is 3. The lowest BCUT2D eigenvalue weighted by atomic mass is 9.95. The maximum atomic E-state index is 13.5. The highest BCUT2D eigenvalue weighted by molar-refractivity contribution is 5.95. The van der Waals surface area contributed by atoms with Crippen molar-refractivity contribution in [1.82, 2.24) is 42.1 Å². The van der Waals surface area contributed by atoms with Crippen molar-refractivity contribution >= 4 is 79.3 Å². The number of ether oxygens (including phenoxy) is 5. The molecule has 0 aromatic heterocycles. The third-order valence-electron chi connectivity index (χ3n) is 11.1. The molecule has 13 atom stereocenters. The van der Waals surface area contributed by atoms with Crippen LogP contribution in [-0.2, 0) is 23.7 Å². The number of fused-ring (bicyclic) bond motifs is 1. The number of benzene rings is 1. The molecule has 1 aromatic rings. The van der Waals surface area contributed by atoms with Gasteiger partial charge in [-0.2, -0.15) is 0 Å². The fraction of sp³-hybridized carbons (Fsp3) is 0.650. The van der Waals surface area contributed by atoms with Crippen LogP contribution in [-0.4, -0.2) is 181 Å². The number of aliphatic imine (C=N–C) groups is 1. The molecule has 5 rings (SSSR count). The molecule has 0 spiro atoms. The molecule has 4 aliphatic rings. The number of hydrogen-bond acceptors (Lipinski definition) is 16. The maximum absolute atomic E-state index is 13.5. The molecular weight excluding hydrogens is 977 g/mol. The zero-order valence-electron chi connectivity index (χ0n) is 38.3. The van der Waals surface area contributed by atoms with E-state index in [-0.39, 0.29) is 49.7 Å². The Bertz CT molecular complexity index is 1880. The number of guanidine groups is 1. The summed E-state index contributed by atoms with van der Waals surface area (Å²) in [4.78, 5) is 67.1. The number of nitrogens with zero attached hydrogens (tertiary/aromatic N) is 2. The van der Waals surface area contributed by atoms with Crippen LogP contribution in [0.1, 0.15) is 45.6 Å². The van der Waals surface area contributed by atoms with Crippen molar-refractivity contribution in [3.8, 4) is 5.75 Å². The van der Waals surface area contributed by atoms with Crippen LogP contribution in [0.4, 0.5) is 19.2 Å². The van der Waals surface area contributed by atoms with Gasteiger partial charge in [-0.05, 0) is 69.6 Å². The average molecular weight is 1050 g/mol. The van der Waals surface area contributed by atoms with Crippen LogP contribution in [0.15, 0.2) is 35.3 Å². The van der Waals surface area contributed by atoms with Crippen LogP contribution in [0, 0.1) is 0 Å². The molecular formula is C40H68Cl3N13O13. The minimum Gasteiger partial charge on any atom is -0.462 e. The minimum absolute atomic E-state index is 0. The monoisotopic (exact) mass is 1040 g/mol. The molecule has 4 aliphatic heterocycles. The van der Waals surface area contributed by atoms with E-state index in [0.29, 0.717) is 28.8 Å². The van der Waals surface area contributed by atoms with Gasteiger partial charge >= 0.3 is 24.1 Å². The first-order chi connectivity index (χ1) is 31.4. The van der Waals surface area contributed by atoms with Crippen molar-refractivity contribution in [3.63, 3.8) is 0 Å². The van der Waals surface area contributed by atoms with Crippen molar-refractivity contribution in [3.05, 3.63) is 35.9 Å². The van der Waals surface area contributed by atoms with Gasteiger partial charge in [-0.3, -0.25) is 4.79 Å². The molecule has 4 fully saturated rings. The highest BCUT2D eigenvalue weighted by Crippen LogP contribution is 2.30. The molecule has 0 unspecified atom stereocenters. The normalized spacial score (nSPS) is 29.5. The highest BCUT2D eigenvalue weighted by atomic mass is 35.5. The number of halogens is 3. The van der Waals surface area contributed by atoms with Gasteiger partial charge in [0.25, 0.3) is 0 Å². The summed E-state index contributed by atoms with van der Waals surface area (Å²) < 4.78 is 29.4. The lowest BCUT2D eigenvalue weighted by Gasteiger charge is -2.44. The number of hydrogen-bond donors (Lipinski definition) is 14. The van der Waals surface area contributed by atoms with Gasteiger partial charge in [0.05, 0.1) is 37.5 Å². The zero-order chi connectivity index (χ0) is 48.1. The Labute approximate surface area is 417 Å². The molecule has 29 heteroatoms. The van der Waals surface area contributed by atoms with E-state index in [9.17, 15) is 39.3 Å². The molecule has 4 heterocycles. The van der Waals surface area contributed by atoms with E-state index in [2.05, 4.69) is 56.1 Å². The Hall–Kier alpha value is -4.71. The SMILES string of the molecule is CC(C)NCCCCNCCCNC(=O)/C=C/c1ccc(O[C@H]2O[C@H](C)[C@@H](NC(=O)N[C@H]3OC[C@@H](O[C@@H]4OC[C@@H](O)[C@@H]5NC(=O)N(C(N)=O)[C@@H]45)[C@H](O)[C@H]3NC(N)=O)[C@H](O)[C@H]2N=C(N)N)cc1.Cl.Cl.Cl. The van der Waals surface area contributed by atoms with Gasteiger partial charge in [0.2, 0.25) is 12.2 Å². The molecule has 9 amide bonds. The molecule has 0 bridgehead atoms. The first-order valence-corrected chi connectivity index (χ1v) is 21.8. The van der Waals surface area contributed by atoms with Crippen LogP contribution in [0.25, 0.3) is 6.08 Å². The van der Waals surface area contributed by atoms with Crippen LogP contribution in [0.3, 0.4) is 0 Å². The number of imide groups is 1. The summed E-state index contributed by atoms with van der Waals surface area (Å²) in [5.74, 6) is -0.317. The smallest absolute Gasteiger partial charge is 0.326 e. The van der Waals surface area contributed by atoms with Crippen LogP contribution in [0.2, 0.25) is 0 Å². The van der Waals surface area contributed by atoms with E-state index >= 15 is 0 Å². The third-order valence-corrected chi connectivity index (χ3v) is 11.1. The maximum Gasteiger partial charge on any atom is 0.326 e. The Morgan fingerprint density at radius 2 is 1.57 bits per heavy atom. The van der Waals surface area contributed by atoms with E-state index in [4.69, 9.17) is 46.6 Å². The highest BCUT2D eigenvalue weighted by Gasteiger charge is 2.55.